The van der Waals surface area contributed by atoms with Gasteiger partial charge in [-0.3, -0.25) is 0 Å². The maximum Gasteiger partial charge on any atom is -0.0533 e. The fourth-order valence-electron chi connectivity index (χ4n) is 0.250. The summed E-state index contributed by atoms with van der Waals surface area (Å²) in [7, 11) is 0. The Morgan fingerprint density at radius 2 is 0.600 bits per heavy atom. The molecule has 0 spiro atoms. The van der Waals surface area contributed by atoms with Crippen LogP contribution in [0, 0.1) is 0 Å². The Hall–Kier alpha value is 0. The van der Waals surface area contributed by atoms with Gasteiger partial charge in [0.05, 0.1) is 0 Å². The van der Waals surface area contributed by atoms with Crippen LogP contribution in [0.5, 0.6) is 0 Å². The van der Waals surface area contributed by atoms with E-state index in [4.69, 9.17) is 0 Å². The first-order chi connectivity index (χ1) is 7.24. The quantitative estimate of drug-likeness (QED) is 0.488. The highest BCUT2D eigenvalue weighted by molar-refractivity contribution is 4.50. The highest BCUT2D eigenvalue weighted by Gasteiger charge is 1.95. The Morgan fingerprint density at radius 1 is 0.467 bits per heavy atom. The van der Waals surface area contributed by atoms with E-state index in [1.165, 1.54) is 57.8 Å². The summed E-state index contributed by atoms with van der Waals surface area (Å²) < 4.78 is 0. The maximum absolute atomic E-state index is 2.18. The van der Waals surface area contributed by atoms with Gasteiger partial charge in [0.25, 0.3) is 0 Å². The largest absolute Gasteiger partial charge is 0.0656 e. The van der Waals surface area contributed by atoms with Crippen molar-refractivity contribution in [2.75, 3.05) is 0 Å². The van der Waals surface area contributed by atoms with Gasteiger partial charge in [-0.1, -0.05) is 99.3 Å². The van der Waals surface area contributed by atoms with E-state index in [-0.39, 0.29) is 0 Å². The minimum atomic E-state index is 1.25. The first-order valence-corrected chi connectivity index (χ1v) is 7.24. The van der Waals surface area contributed by atoms with Crippen LogP contribution in [0.25, 0.3) is 0 Å². The Labute approximate surface area is 99.9 Å². The summed E-state index contributed by atoms with van der Waals surface area (Å²) in [6.45, 7) is 13.0. The molecule has 1 aliphatic carbocycles. The lowest BCUT2D eigenvalue weighted by Gasteiger charge is -2.05. The molecule has 0 bridgehead atoms. The summed E-state index contributed by atoms with van der Waals surface area (Å²) in [5.74, 6) is 0. The lowest BCUT2D eigenvalue weighted by atomic mass is 10.0. The Balaban J connectivity index is -0.000000129. The zero-order chi connectivity index (χ0) is 12.4. The van der Waals surface area contributed by atoms with Crippen molar-refractivity contribution >= 4 is 0 Å². The van der Waals surface area contributed by atoms with Gasteiger partial charge in [0.15, 0.2) is 0 Å². The van der Waals surface area contributed by atoms with Crippen molar-refractivity contribution in [3.8, 4) is 0 Å². The molecule has 1 fully saturated rings. The highest BCUT2D eigenvalue weighted by atomic mass is 14.0. The van der Waals surface area contributed by atoms with Crippen LogP contribution in [0.15, 0.2) is 0 Å². The topological polar surface area (TPSA) is 0 Å². The predicted molar refractivity (Wildman–Crippen MR) is 75.6 cm³/mol. The van der Waals surface area contributed by atoms with Crippen molar-refractivity contribution in [2.24, 2.45) is 0 Å². The fourth-order valence-corrected chi connectivity index (χ4v) is 0.250. The number of hydrogen-bond donors (Lipinski definition) is 0. The molecule has 0 amide bonds. The third-order valence-corrected chi connectivity index (χ3v) is 2.00. The van der Waals surface area contributed by atoms with Gasteiger partial charge in [-0.25, -0.2) is 0 Å². The van der Waals surface area contributed by atoms with Gasteiger partial charge in [-0.05, 0) is 0 Å². The zero-order valence-corrected chi connectivity index (χ0v) is 12.4. The molecular formula is C15H36. The number of rotatable bonds is 2. The second kappa shape index (κ2) is 29.2. The smallest absolute Gasteiger partial charge is 0.0533 e. The van der Waals surface area contributed by atoms with Crippen LogP contribution in [0.3, 0.4) is 0 Å². The molecule has 0 heteroatoms. The Bertz CT molecular complexity index is 41.1. The molecule has 0 N–H and O–H groups in total. The van der Waals surface area contributed by atoms with E-state index in [1.807, 2.05) is 0 Å². The molecule has 0 unspecified atom stereocenters. The third-order valence-electron chi connectivity index (χ3n) is 2.00. The van der Waals surface area contributed by atoms with Gasteiger partial charge < -0.3 is 0 Å². The Morgan fingerprint density at radius 3 is 0.600 bits per heavy atom. The SMILES string of the molecule is C1CCC1.CCC.CCCC.CCCC. The molecule has 0 aromatic rings. The first kappa shape index (κ1) is 20.4. The summed E-state index contributed by atoms with van der Waals surface area (Å²) in [5.41, 5.74) is 0. The molecule has 96 valence electrons. The van der Waals surface area contributed by atoms with Crippen molar-refractivity contribution in [3.05, 3.63) is 0 Å². The third kappa shape index (κ3) is 56.0. The minimum Gasteiger partial charge on any atom is -0.0656 e. The van der Waals surface area contributed by atoms with E-state index >= 15 is 0 Å². The molecule has 0 saturated heterocycles. The van der Waals surface area contributed by atoms with Crippen LogP contribution in [0.4, 0.5) is 0 Å². The second-order valence-electron chi connectivity index (χ2n) is 4.12. The lowest BCUT2D eigenvalue weighted by molar-refractivity contribution is 0.504. The molecule has 0 aliphatic heterocycles. The van der Waals surface area contributed by atoms with Gasteiger partial charge in [-0.2, -0.15) is 0 Å². The molecule has 0 nitrogen and oxygen atoms in total. The molecule has 0 radical (unpaired) electrons. The standard InChI is InChI=1S/C4H8.2C4H10.C3H8/c1-2-4-3-1;2*1-3-4-2;1-3-2/h1-4H2;2*3-4H2,1-2H3;3H2,1-2H3. The molecule has 0 aromatic heterocycles. The van der Waals surface area contributed by atoms with E-state index < -0.39 is 0 Å². The Kier molecular flexibility index (Phi) is 39.8. The van der Waals surface area contributed by atoms with E-state index in [2.05, 4.69) is 41.5 Å². The monoisotopic (exact) mass is 216 g/mol. The van der Waals surface area contributed by atoms with Gasteiger partial charge in [0.1, 0.15) is 0 Å². The van der Waals surface area contributed by atoms with Gasteiger partial charge in [-0.15, -0.1) is 0 Å². The van der Waals surface area contributed by atoms with E-state index in [0.717, 1.165) is 0 Å². The molecule has 0 heterocycles. The normalized spacial score (nSPS) is 11.6. The fraction of sp³-hybridized carbons (Fsp3) is 1.00. The lowest BCUT2D eigenvalue weighted by Crippen LogP contribution is -1.85. The van der Waals surface area contributed by atoms with Crippen LogP contribution < -0.4 is 0 Å². The minimum absolute atomic E-state index is 1.25. The van der Waals surface area contributed by atoms with Crippen LogP contribution in [0.2, 0.25) is 0 Å². The number of unbranched alkanes of at least 4 members (excludes halogenated alkanes) is 2. The van der Waals surface area contributed by atoms with E-state index in [0.29, 0.717) is 0 Å². The van der Waals surface area contributed by atoms with E-state index in [1.54, 1.807) is 0 Å². The van der Waals surface area contributed by atoms with Crippen LogP contribution in [-0.2, 0) is 0 Å². The average Bonchev–Trinajstić information content (AvgIpc) is 2.16. The van der Waals surface area contributed by atoms with Gasteiger partial charge in [0, 0.05) is 0 Å². The summed E-state index contributed by atoms with van der Waals surface area (Å²) in [4.78, 5) is 0. The molecule has 15 heavy (non-hydrogen) atoms. The molecular weight excluding hydrogens is 180 g/mol. The summed E-state index contributed by atoms with van der Waals surface area (Å²) in [6.07, 6.45) is 12.5. The van der Waals surface area contributed by atoms with Crippen LogP contribution in [0.1, 0.15) is 99.3 Å². The predicted octanol–water partition coefficient (Wildman–Crippen LogP) is 6.59. The van der Waals surface area contributed by atoms with Crippen molar-refractivity contribution in [3.63, 3.8) is 0 Å². The maximum atomic E-state index is 2.18. The summed E-state index contributed by atoms with van der Waals surface area (Å²) >= 11 is 0. The average molecular weight is 216 g/mol. The van der Waals surface area contributed by atoms with Crippen LogP contribution in [-0.4, -0.2) is 0 Å². The molecule has 0 aromatic carbocycles. The van der Waals surface area contributed by atoms with Crippen molar-refractivity contribution in [1.82, 2.24) is 0 Å². The first-order valence-electron chi connectivity index (χ1n) is 7.24. The van der Waals surface area contributed by atoms with Crippen molar-refractivity contribution in [2.45, 2.75) is 99.3 Å². The summed E-state index contributed by atoms with van der Waals surface area (Å²) in [6, 6.07) is 0. The van der Waals surface area contributed by atoms with Crippen molar-refractivity contribution in [1.29, 1.82) is 0 Å². The number of hydrogen-bond acceptors (Lipinski definition) is 0. The van der Waals surface area contributed by atoms with Gasteiger partial charge >= 0.3 is 0 Å². The summed E-state index contributed by atoms with van der Waals surface area (Å²) in [5, 5.41) is 0. The zero-order valence-electron chi connectivity index (χ0n) is 12.4. The van der Waals surface area contributed by atoms with Crippen LogP contribution >= 0.6 is 0 Å². The highest BCUT2D eigenvalue weighted by Crippen LogP contribution is 2.15. The van der Waals surface area contributed by atoms with Crippen molar-refractivity contribution < 1.29 is 0 Å². The second-order valence-corrected chi connectivity index (χ2v) is 4.12. The van der Waals surface area contributed by atoms with E-state index in [9.17, 15) is 0 Å². The molecule has 0 atom stereocenters. The molecule has 1 aliphatic rings. The van der Waals surface area contributed by atoms with Gasteiger partial charge in [0.2, 0.25) is 0 Å². The molecule has 1 rings (SSSR count). The molecule has 1 saturated carbocycles.